The molecule has 0 radical (unpaired) electrons. The topological polar surface area (TPSA) is 69.6 Å². The molecule has 2 atom stereocenters. The van der Waals surface area contributed by atoms with E-state index in [2.05, 4.69) is 5.32 Å². The Morgan fingerprint density at radius 1 is 1.19 bits per heavy atom. The Labute approximate surface area is 128 Å². The number of carboxylic acid groups (broad SMARTS) is 1. The first-order valence-corrected chi connectivity index (χ1v) is 7.55. The summed E-state index contributed by atoms with van der Waals surface area (Å²) in [7, 11) is 3.51. The monoisotopic (exact) mass is 298 g/mol. The van der Waals surface area contributed by atoms with Gasteiger partial charge in [0.1, 0.15) is 0 Å². The number of carboxylic acids is 1. The molecule has 0 aromatic heterocycles. The predicted molar refractivity (Wildman–Crippen MR) is 85.1 cm³/mol. The predicted octanol–water partition coefficient (Wildman–Crippen LogP) is 2.13. The molecule has 0 aliphatic rings. The van der Waals surface area contributed by atoms with Crippen molar-refractivity contribution in [3.8, 4) is 0 Å². The number of likely N-dealkylation sites (N-methyl/N-ethyl adjacent to an activating group) is 2. The molecule has 0 aliphatic heterocycles. The third-order valence-electron chi connectivity index (χ3n) is 3.75. The van der Waals surface area contributed by atoms with Crippen LogP contribution in [0.15, 0.2) is 11.6 Å². The molecule has 0 fully saturated rings. The molecule has 0 aromatic rings. The Hall–Kier alpha value is -1.36. The molecule has 0 saturated heterocycles. The van der Waals surface area contributed by atoms with Crippen molar-refractivity contribution in [2.45, 2.75) is 53.1 Å². The highest BCUT2D eigenvalue weighted by Crippen LogP contribution is 2.17. The maximum Gasteiger partial charge on any atom is 0.331 e. The van der Waals surface area contributed by atoms with Crippen LogP contribution >= 0.6 is 0 Å². The highest BCUT2D eigenvalue weighted by molar-refractivity contribution is 5.87. The molecule has 1 amide bonds. The Balaban J connectivity index is 5.39. The van der Waals surface area contributed by atoms with Crippen LogP contribution in [0.1, 0.15) is 41.0 Å². The van der Waals surface area contributed by atoms with Gasteiger partial charge in [0, 0.05) is 12.6 Å². The lowest BCUT2D eigenvalue weighted by Crippen LogP contribution is -2.51. The van der Waals surface area contributed by atoms with Gasteiger partial charge in [0.25, 0.3) is 0 Å². The van der Waals surface area contributed by atoms with Gasteiger partial charge in [-0.2, -0.15) is 0 Å². The SMILES string of the molecule is CC/C(=C\[C@H](C(C)C)N(C)C(=O)[C@@H](NC)C(C)C)C(=O)O. The van der Waals surface area contributed by atoms with Gasteiger partial charge in [-0.15, -0.1) is 0 Å². The maximum absolute atomic E-state index is 12.6. The van der Waals surface area contributed by atoms with E-state index in [1.165, 1.54) is 0 Å². The van der Waals surface area contributed by atoms with E-state index in [1.807, 2.05) is 34.6 Å². The summed E-state index contributed by atoms with van der Waals surface area (Å²) in [6.45, 7) is 9.76. The van der Waals surface area contributed by atoms with Gasteiger partial charge in [-0.05, 0) is 25.3 Å². The second kappa shape index (κ2) is 8.82. The third-order valence-corrected chi connectivity index (χ3v) is 3.75. The molecule has 0 heterocycles. The van der Waals surface area contributed by atoms with Crippen LogP contribution in [0.5, 0.6) is 0 Å². The van der Waals surface area contributed by atoms with Crippen molar-refractivity contribution in [3.63, 3.8) is 0 Å². The fourth-order valence-corrected chi connectivity index (χ4v) is 2.41. The number of hydrogen-bond acceptors (Lipinski definition) is 3. The van der Waals surface area contributed by atoms with Gasteiger partial charge in [0.15, 0.2) is 0 Å². The standard InChI is InChI=1S/C16H30N2O3/c1-8-12(16(20)21)9-13(10(2)3)18(7)15(19)14(17-6)11(4)5/h9-11,13-14,17H,8H2,1-7H3,(H,20,21)/b12-9+/t13-,14+/m1/s1. The van der Waals surface area contributed by atoms with Gasteiger partial charge < -0.3 is 15.3 Å². The smallest absolute Gasteiger partial charge is 0.331 e. The molecule has 0 bridgehead atoms. The molecule has 0 rings (SSSR count). The second-order valence-electron chi connectivity index (χ2n) is 6.04. The average Bonchev–Trinajstić information content (AvgIpc) is 2.38. The lowest BCUT2D eigenvalue weighted by Gasteiger charge is -2.33. The zero-order valence-corrected chi connectivity index (χ0v) is 14.3. The number of amides is 1. The molecule has 5 nitrogen and oxygen atoms in total. The second-order valence-corrected chi connectivity index (χ2v) is 6.04. The maximum atomic E-state index is 12.6. The Bertz CT molecular complexity index is 389. The summed E-state index contributed by atoms with van der Waals surface area (Å²) in [5.41, 5.74) is 0.346. The first kappa shape index (κ1) is 19.6. The van der Waals surface area contributed by atoms with E-state index in [9.17, 15) is 14.7 Å². The summed E-state index contributed by atoms with van der Waals surface area (Å²) >= 11 is 0. The first-order chi connectivity index (χ1) is 9.67. The van der Waals surface area contributed by atoms with Crippen molar-refractivity contribution in [1.29, 1.82) is 0 Å². The van der Waals surface area contributed by atoms with Crippen molar-refractivity contribution in [1.82, 2.24) is 10.2 Å². The summed E-state index contributed by atoms with van der Waals surface area (Å²) in [6, 6.07) is -0.488. The average molecular weight is 298 g/mol. The van der Waals surface area contributed by atoms with Gasteiger partial charge in [-0.3, -0.25) is 4.79 Å². The highest BCUT2D eigenvalue weighted by Gasteiger charge is 2.29. The Morgan fingerprint density at radius 2 is 1.71 bits per heavy atom. The van der Waals surface area contributed by atoms with Gasteiger partial charge >= 0.3 is 5.97 Å². The minimum Gasteiger partial charge on any atom is -0.478 e. The summed E-state index contributed by atoms with van der Waals surface area (Å²) in [5.74, 6) is -0.613. The molecule has 21 heavy (non-hydrogen) atoms. The molecule has 0 spiro atoms. The van der Waals surface area contributed by atoms with Crippen molar-refractivity contribution in [2.24, 2.45) is 11.8 Å². The van der Waals surface area contributed by atoms with Crippen LogP contribution in [0.4, 0.5) is 0 Å². The van der Waals surface area contributed by atoms with Crippen molar-refractivity contribution >= 4 is 11.9 Å². The molecule has 0 saturated carbocycles. The third kappa shape index (κ3) is 5.50. The van der Waals surface area contributed by atoms with Gasteiger partial charge in [0.05, 0.1) is 12.1 Å². The number of carbonyl (C=O) groups excluding carboxylic acids is 1. The van der Waals surface area contributed by atoms with E-state index in [4.69, 9.17) is 0 Å². The van der Waals surface area contributed by atoms with Crippen LogP contribution < -0.4 is 5.32 Å². The summed E-state index contributed by atoms with van der Waals surface area (Å²) in [6.07, 6.45) is 2.15. The van der Waals surface area contributed by atoms with Crippen LogP contribution in [-0.2, 0) is 9.59 Å². The molecule has 2 N–H and O–H groups in total. The number of rotatable bonds is 8. The number of nitrogens with zero attached hydrogens (tertiary/aromatic N) is 1. The number of carbonyl (C=O) groups is 2. The molecule has 122 valence electrons. The zero-order valence-electron chi connectivity index (χ0n) is 14.3. The van der Waals surface area contributed by atoms with Crippen LogP contribution in [0, 0.1) is 11.8 Å². The van der Waals surface area contributed by atoms with Crippen LogP contribution in [0.2, 0.25) is 0 Å². The summed E-state index contributed by atoms with van der Waals surface area (Å²) in [5, 5.41) is 12.2. The quantitative estimate of drug-likeness (QED) is 0.674. The van der Waals surface area contributed by atoms with Crippen LogP contribution in [0.25, 0.3) is 0 Å². The normalized spacial score (nSPS) is 15.2. The number of nitrogens with one attached hydrogen (secondary N) is 1. The lowest BCUT2D eigenvalue weighted by atomic mass is 9.96. The molecular formula is C16H30N2O3. The molecular weight excluding hydrogens is 268 g/mol. The number of hydrogen-bond donors (Lipinski definition) is 2. The van der Waals surface area contributed by atoms with Gasteiger partial charge in [-0.1, -0.05) is 40.7 Å². The molecule has 0 aromatic carbocycles. The van der Waals surface area contributed by atoms with Gasteiger partial charge in [-0.25, -0.2) is 4.79 Å². The van der Waals surface area contributed by atoms with E-state index in [1.54, 1.807) is 25.1 Å². The summed E-state index contributed by atoms with van der Waals surface area (Å²) in [4.78, 5) is 25.4. The van der Waals surface area contributed by atoms with Crippen LogP contribution in [-0.4, -0.2) is 48.1 Å². The summed E-state index contributed by atoms with van der Waals surface area (Å²) < 4.78 is 0. The first-order valence-electron chi connectivity index (χ1n) is 7.55. The Morgan fingerprint density at radius 3 is 2.00 bits per heavy atom. The lowest BCUT2D eigenvalue weighted by molar-refractivity contribution is -0.136. The van der Waals surface area contributed by atoms with Crippen molar-refractivity contribution < 1.29 is 14.7 Å². The van der Waals surface area contributed by atoms with E-state index in [0.29, 0.717) is 12.0 Å². The van der Waals surface area contributed by atoms with E-state index in [0.717, 1.165) is 0 Å². The molecule has 0 unspecified atom stereocenters. The molecule has 5 heteroatoms. The Kier molecular flexibility index (Phi) is 8.25. The fourth-order valence-electron chi connectivity index (χ4n) is 2.41. The highest BCUT2D eigenvalue weighted by atomic mass is 16.4. The van der Waals surface area contributed by atoms with Gasteiger partial charge in [0.2, 0.25) is 5.91 Å². The minimum atomic E-state index is -0.918. The molecule has 0 aliphatic carbocycles. The fraction of sp³-hybridized carbons (Fsp3) is 0.750. The van der Waals surface area contributed by atoms with E-state index >= 15 is 0 Å². The van der Waals surface area contributed by atoms with Crippen LogP contribution in [0.3, 0.4) is 0 Å². The number of aliphatic carboxylic acids is 1. The minimum absolute atomic E-state index is 0.0108. The van der Waals surface area contributed by atoms with Crippen molar-refractivity contribution in [2.75, 3.05) is 14.1 Å². The largest absolute Gasteiger partial charge is 0.478 e. The van der Waals surface area contributed by atoms with Crippen molar-refractivity contribution in [3.05, 3.63) is 11.6 Å². The van der Waals surface area contributed by atoms with E-state index < -0.39 is 5.97 Å². The van der Waals surface area contributed by atoms with E-state index in [-0.39, 0.29) is 29.8 Å². The zero-order chi connectivity index (χ0) is 16.7.